The van der Waals surface area contributed by atoms with Gasteiger partial charge in [0.1, 0.15) is 5.82 Å². The normalized spacial score (nSPS) is 18.4. The van der Waals surface area contributed by atoms with Gasteiger partial charge in [-0.1, -0.05) is 29.8 Å². The second-order valence-corrected chi connectivity index (χ2v) is 10.5. The summed E-state index contributed by atoms with van der Waals surface area (Å²) in [4.78, 5) is 33.3. The Labute approximate surface area is 215 Å². The van der Waals surface area contributed by atoms with E-state index in [-0.39, 0.29) is 30.3 Å². The molecule has 6 nitrogen and oxygen atoms in total. The van der Waals surface area contributed by atoms with Crippen LogP contribution >= 0.6 is 11.3 Å². The van der Waals surface area contributed by atoms with Crippen molar-refractivity contribution in [1.82, 2.24) is 14.7 Å². The van der Waals surface area contributed by atoms with Gasteiger partial charge in [0, 0.05) is 43.3 Å². The van der Waals surface area contributed by atoms with Crippen LogP contribution in [0.2, 0.25) is 0 Å². The van der Waals surface area contributed by atoms with Crippen LogP contribution in [0.15, 0.2) is 60.0 Å². The molecule has 0 saturated carbocycles. The summed E-state index contributed by atoms with van der Waals surface area (Å²) >= 11 is 1.72. The SMILES string of the molecule is Cc1ccc(NC(=O)N2CCCN(C(=O)CN3CCc4sccc4C3c3cccc(F)c3)CC2)cc1. The maximum absolute atomic E-state index is 14.1. The van der Waals surface area contributed by atoms with E-state index in [1.54, 1.807) is 28.4 Å². The minimum Gasteiger partial charge on any atom is -0.340 e. The van der Waals surface area contributed by atoms with Crippen molar-refractivity contribution in [2.45, 2.75) is 25.8 Å². The number of rotatable bonds is 4. The highest BCUT2D eigenvalue weighted by Crippen LogP contribution is 2.37. The molecule has 0 spiro atoms. The summed E-state index contributed by atoms with van der Waals surface area (Å²) < 4.78 is 14.1. The van der Waals surface area contributed by atoms with Crippen LogP contribution in [-0.4, -0.2) is 65.9 Å². The van der Waals surface area contributed by atoms with Crippen molar-refractivity contribution in [2.24, 2.45) is 0 Å². The van der Waals surface area contributed by atoms with Gasteiger partial charge in [-0.15, -0.1) is 11.3 Å². The molecule has 2 aromatic carbocycles. The zero-order valence-corrected chi connectivity index (χ0v) is 21.3. The molecule has 3 amide bonds. The molecule has 3 aromatic rings. The minimum atomic E-state index is -0.266. The van der Waals surface area contributed by atoms with Crippen molar-refractivity contribution in [3.63, 3.8) is 0 Å². The van der Waals surface area contributed by atoms with E-state index < -0.39 is 0 Å². The number of nitrogens with zero attached hydrogens (tertiary/aromatic N) is 3. The minimum absolute atomic E-state index is 0.0517. The molecule has 2 aliphatic rings. The number of fused-ring (bicyclic) bond motifs is 1. The zero-order chi connectivity index (χ0) is 25.1. The third kappa shape index (κ3) is 5.44. The molecule has 3 heterocycles. The van der Waals surface area contributed by atoms with Gasteiger partial charge in [-0.3, -0.25) is 9.69 Å². The van der Waals surface area contributed by atoms with Gasteiger partial charge >= 0.3 is 6.03 Å². The molecule has 0 aliphatic carbocycles. The molecule has 0 bridgehead atoms. The highest BCUT2D eigenvalue weighted by atomic mass is 32.1. The summed E-state index contributed by atoms with van der Waals surface area (Å²) in [7, 11) is 0. The lowest BCUT2D eigenvalue weighted by Gasteiger charge is -2.37. The highest BCUT2D eigenvalue weighted by molar-refractivity contribution is 7.10. The predicted octanol–water partition coefficient (Wildman–Crippen LogP) is 4.91. The van der Waals surface area contributed by atoms with Gasteiger partial charge in [0.25, 0.3) is 0 Å². The fourth-order valence-corrected chi connectivity index (χ4v) is 5.99. The summed E-state index contributed by atoms with van der Waals surface area (Å²) in [6, 6.07) is 16.3. The molecule has 0 radical (unpaired) electrons. The quantitative estimate of drug-likeness (QED) is 0.547. The molecule has 1 saturated heterocycles. The molecule has 1 fully saturated rings. The van der Waals surface area contributed by atoms with E-state index in [0.29, 0.717) is 26.2 Å². The summed E-state index contributed by atoms with van der Waals surface area (Å²) in [6.07, 6.45) is 1.62. The van der Waals surface area contributed by atoms with Gasteiger partial charge in [-0.2, -0.15) is 0 Å². The second-order valence-electron chi connectivity index (χ2n) is 9.49. The first-order valence-corrected chi connectivity index (χ1v) is 13.3. The Morgan fingerprint density at radius 3 is 2.58 bits per heavy atom. The molecule has 1 unspecified atom stereocenters. The smallest absolute Gasteiger partial charge is 0.321 e. The monoisotopic (exact) mass is 506 g/mol. The van der Waals surface area contributed by atoms with Gasteiger partial charge in [-0.05, 0) is 66.6 Å². The first kappa shape index (κ1) is 24.5. The average Bonchev–Trinajstić information content (AvgIpc) is 3.20. The van der Waals surface area contributed by atoms with Crippen molar-refractivity contribution in [1.29, 1.82) is 0 Å². The van der Waals surface area contributed by atoms with Gasteiger partial charge < -0.3 is 15.1 Å². The molecule has 5 rings (SSSR count). The molecule has 188 valence electrons. The number of benzene rings is 2. The number of thiophene rings is 1. The first-order chi connectivity index (χ1) is 17.5. The Hall–Kier alpha value is -3.23. The third-order valence-electron chi connectivity index (χ3n) is 7.01. The number of amides is 3. The topological polar surface area (TPSA) is 55.9 Å². The van der Waals surface area contributed by atoms with Crippen LogP contribution in [0.5, 0.6) is 0 Å². The number of nitrogens with one attached hydrogen (secondary N) is 1. The lowest BCUT2D eigenvalue weighted by atomic mass is 9.93. The Morgan fingerprint density at radius 2 is 1.78 bits per heavy atom. The second kappa shape index (κ2) is 10.8. The average molecular weight is 507 g/mol. The van der Waals surface area contributed by atoms with Crippen LogP contribution in [-0.2, 0) is 11.2 Å². The molecule has 36 heavy (non-hydrogen) atoms. The third-order valence-corrected chi connectivity index (χ3v) is 8.00. The number of hydrogen-bond donors (Lipinski definition) is 1. The number of hydrogen-bond acceptors (Lipinski definition) is 4. The van der Waals surface area contributed by atoms with Gasteiger partial charge in [0.15, 0.2) is 0 Å². The van der Waals surface area contributed by atoms with E-state index in [2.05, 4.69) is 21.7 Å². The summed E-state index contributed by atoms with van der Waals surface area (Å²) in [5, 5.41) is 5.03. The zero-order valence-electron chi connectivity index (χ0n) is 20.5. The summed E-state index contributed by atoms with van der Waals surface area (Å²) in [5.74, 6) is -0.214. The Kier molecular flexibility index (Phi) is 7.34. The molecule has 1 aromatic heterocycles. The van der Waals surface area contributed by atoms with Crippen LogP contribution in [0, 0.1) is 12.7 Å². The summed E-state index contributed by atoms with van der Waals surface area (Å²) in [5.41, 5.74) is 3.95. The van der Waals surface area contributed by atoms with E-state index >= 15 is 0 Å². The maximum Gasteiger partial charge on any atom is 0.321 e. The van der Waals surface area contributed by atoms with E-state index in [4.69, 9.17) is 0 Å². The largest absolute Gasteiger partial charge is 0.340 e. The van der Waals surface area contributed by atoms with Crippen LogP contribution in [0.1, 0.15) is 34.0 Å². The van der Waals surface area contributed by atoms with Crippen LogP contribution in [0.4, 0.5) is 14.9 Å². The van der Waals surface area contributed by atoms with Crippen LogP contribution in [0.3, 0.4) is 0 Å². The van der Waals surface area contributed by atoms with Crippen molar-refractivity contribution < 1.29 is 14.0 Å². The van der Waals surface area contributed by atoms with E-state index in [1.807, 2.05) is 42.2 Å². The summed E-state index contributed by atoms with van der Waals surface area (Å²) in [6.45, 7) is 5.25. The van der Waals surface area contributed by atoms with Gasteiger partial charge in [0.2, 0.25) is 5.91 Å². The van der Waals surface area contributed by atoms with Crippen molar-refractivity contribution in [2.75, 3.05) is 44.6 Å². The molecule has 1 atom stereocenters. The van der Waals surface area contributed by atoms with Crippen molar-refractivity contribution in [3.8, 4) is 0 Å². The fraction of sp³-hybridized carbons (Fsp3) is 0.357. The highest BCUT2D eigenvalue weighted by Gasteiger charge is 2.32. The lowest BCUT2D eigenvalue weighted by Crippen LogP contribution is -2.45. The molecule has 1 N–H and O–H groups in total. The lowest BCUT2D eigenvalue weighted by molar-refractivity contribution is -0.132. The molecule has 2 aliphatic heterocycles. The Bertz CT molecular complexity index is 1230. The van der Waals surface area contributed by atoms with E-state index in [1.165, 1.54) is 16.5 Å². The molecular formula is C28H31FN4O2S. The predicted molar refractivity (Wildman–Crippen MR) is 141 cm³/mol. The molecular weight excluding hydrogens is 475 g/mol. The van der Waals surface area contributed by atoms with Crippen molar-refractivity contribution in [3.05, 3.63) is 87.4 Å². The van der Waals surface area contributed by atoms with E-state index in [9.17, 15) is 14.0 Å². The number of carbonyl (C=O) groups is 2. The molecule has 8 heteroatoms. The Balaban J connectivity index is 1.23. The van der Waals surface area contributed by atoms with Crippen LogP contribution < -0.4 is 5.32 Å². The van der Waals surface area contributed by atoms with E-state index in [0.717, 1.165) is 36.2 Å². The number of anilines is 1. The van der Waals surface area contributed by atoms with Crippen molar-refractivity contribution >= 4 is 29.0 Å². The number of carbonyl (C=O) groups excluding carboxylic acids is 2. The number of aryl methyl sites for hydroxylation is 1. The van der Waals surface area contributed by atoms with Gasteiger partial charge in [0.05, 0.1) is 12.6 Å². The number of urea groups is 1. The first-order valence-electron chi connectivity index (χ1n) is 12.4. The number of halogens is 1. The Morgan fingerprint density at radius 1 is 1.00 bits per heavy atom. The maximum atomic E-state index is 14.1. The standard InChI is InChI=1S/C28H31FN4O2S/c1-20-6-8-23(9-7-20)30-28(35)32-13-3-12-31(15-16-32)26(34)19-33-14-10-25-24(11-17-36-25)27(33)21-4-2-5-22(29)18-21/h2,4-9,11,17-18,27H,3,10,12-16,19H2,1H3,(H,30,35). The van der Waals surface area contributed by atoms with Gasteiger partial charge in [-0.25, -0.2) is 9.18 Å². The fourth-order valence-electron chi connectivity index (χ4n) is 5.09. The van der Waals surface area contributed by atoms with Crippen LogP contribution in [0.25, 0.3) is 0 Å².